The van der Waals surface area contributed by atoms with Gasteiger partial charge in [0, 0.05) is 6.07 Å². The zero-order valence-corrected chi connectivity index (χ0v) is 14.6. The topological polar surface area (TPSA) is 43.6 Å². The van der Waals surface area contributed by atoms with Crippen LogP contribution in [0.1, 0.15) is 5.56 Å². The summed E-state index contributed by atoms with van der Waals surface area (Å²) in [4.78, 5) is 16.6. The Morgan fingerprint density at radius 3 is 2.88 bits per heavy atom. The number of carbonyl (C=O) groups is 1. The molecule has 0 aliphatic rings. The summed E-state index contributed by atoms with van der Waals surface area (Å²) in [6.45, 7) is 0.0217. The van der Waals surface area contributed by atoms with Gasteiger partial charge in [-0.2, -0.15) is 4.99 Å². The van der Waals surface area contributed by atoms with Gasteiger partial charge in [0.2, 0.25) is 0 Å². The van der Waals surface area contributed by atoms with Crippen LogP contribution in [0.15, 0.2) is 41.4 Å². The van der Waals surface area contributed by atoms with E-state index in [2.05, 4.69) is 10.9 Å². The van der Waals surface area contributed by atoms with Crippen molar-refractivity contribution in [1.29, 1.82) is 0 Å². The number of terminal acetylenes is 1. The van der Waals surface area contributed by atoms with Crippen molar-refractivity contribution in [2.75, 3.05) is 7.11 Å². The molecule has 0 aliphatic carbocycles. The summed E-state index contributed by atoms with van der Waals surface area (Å²) >= 11 is 1.01. The molecule has 0 saturated carbocycles. The van der Waals surface area contributed by atoms with Crippen LogP contribution < -0.4 is 9.54 Å². The van der Waals surface area contributed by atoms with Crippen LogP contribution in [0, 0.1) is 24.0 Å². The van der Waals surface area contributed by atoms with Gasteiger partial charge >= 0.3 is 0 Å². The third kappa shape index (κ3) is 3.65. The summed E-state index contributed by atoms with van der Waals surface area (Å²) in [7, 11) is 1.54. The third-order valence-corrected chi connectivity index (χ3v) is 4.68. The SMILES string of the molecule is C#CCn1c(=NC(=O)Cc2cccc(OC)c2)sc2cc(F)cc(F)c21. The van der Waals surface area contributed by atoms with Crippen molar-refractivity contribution in [1.82, 2.24) is 4.57 Å². The first kappa shape index (κ1) is 17.8. The van der Waals surface area contributed by atoms with Crippen LogP contribution in [0.4, 0.5) is 8.78 Å². The summed E-state index contributed by atoms with van der Waals surface area (Å²) in [6.07, 6.45) is 5.40. The van der Waals surface area contributed by atoms with Crippen molar-refractivity contribution >= 4 is 27.5 Å². The number of rotatable bonds is 4. The Bertz CT molecular complexity index is 1090. The fourth-order valence-electron chi connectivity index (χ4n) is 2.56. The van der Waals surface area contributed by atoms with Crippen molar-refractivity contribution in [3.63, 3.8) is 0 Å². The number of hydrogen-bond acceptors (Lipinski definition) is 3. The lowest BCUT2D eigenvalue weighted by Gasteiger charge is -2.03. The second-order valence-electron chi connectivity index (χ2n) is 5.44. The van der Waals surface area contributed by atoms with E-state index < -0.39 is 17.5 Å². The van der Waals surface area contributed by atoms with Gasteiger partial charge in [-0.25, -0.2) is 8.78 Å². The molecular formula is C19H14F2N2O2S. The maximum atomic E-state index is 14.1. The van der Waals surface area contributed by atoms with E-state index in [0.717, 1.165) is 23.0 Å². The quantitative estimate of drug-likeness (QED) is 0.660. The normalized spacial score (nSPS) is 11.5. The summed E-state index contributed by atoms with van der Waals surface area (Å²) < 4.78 is 34.5. The zero-order chi connectivity index (χ0) is 18.7. The molecule has 1 aromatic heterocycles. The molecule has 0 spiro atoms. The standard InChI is InChI=1S/C19H14F2N2O2S/c1-3-7-23-18-15(21)10-13(20)11-16(18)26-19(23)22-17(24)9-12-5-4-6-14(8-12)25-2/h1,4-6,8,10-11H,7,9H2,2H3. The molecule has 0 fully saturated rings. The fourth-order valence-corrected chi connectivity index (χ4v) is 3.64. The average molecular weight is 372 g/mol. The number of thiazole rings is 1. The molecule has 26 heavy (non-hydrogen) atoms. The first-order valence-corrected chi connectivity index (χ1v) is 8.46. The Kier molecular flexibility index (Phi) is 5.14. The van der Waals surface area contributed by atoms with E-state index in [4.69, 9.17) is 11.2 Å². The predicted molar refractivity (Wildman–Crippen MR) is 95.8 cm³/mol. The number of methoxy groups -OCH3 is 1. The first-order valence-electron chi connectivity index (χ1n) is 7.64. The maximum absolute atomic E-state index is 14.1. The van der Waals surface area contributed by atoms with Crippen molar-refractivity contribution in [2.24, 2.45) is 4.99 Å². The molecule has 1 amide bonds. The molecule has 3 aromatic rings. The van der Waals surface area contributed by atoms with E-state index >= 15 is 0 Å². The van der Waals surface area contributed by atoms with Crippen LogP contribution in [0.5, 0.6) is 5.75 Å². The monoisotopic (exact) mass is 372 g/mol. The summed E-state index contributed by atoms with van der Waals surface area (Å²) in [5, 5.41) is 0. The summed E-state index contributed by atoms with van der Waals surface area (Å²) in [5.41, 5.74) is 0.877. The molecule has 0 radical (unpaired) electrons. The summed E-state index contributed by atoms with van der Waals surface area (Å²) in [5.74, 6) is 1.18. The molecule has 0 unspecified atom stereocenters. The van der Waals surface area contributed by atoms with Crippen LogP contribution >= 0.6 is 11.3 Å². The fraction of sp³-hybridized carbons (Fsp3) is 0.158. The lowest BCUT2D eigenvalue weighted by atomic mass is 10.1. The molecule has 0 bridgehead atoms. The van der Waals surface area contributed by atoms with Gasteiger partial charge in [-0.15, -0.1) is 6.42 Å². The molecule has 7 heteroatoms. The summed E-state index contributed by atoms with van der Waals surface area (Å²) in [6, 6.07) is 9.05. The molecule has 1 heterocycles. The number of aromatic nitrogens is 1. The Hall–Kier alpha value is -2.98. The van der Waals surface area contributed by atoms with Crippen LogP contribution in [-0.4, -0.2) is 17.6 Å². The van der Waals surface area contributed by atoms with E-state index in [0.29, 0.717) is 10.4 Å². The maximum Gasteiger partial charge on any atom is 0.252 e. The molecule has 4 nitrogen and oxygen atoms in total. The number of amides is 1. The van der Waals surface area contributed by atoms with E-state index in [1.54, 1.807) is 31.4 Å². The number of benzene rings is 2. The molecule has 132 valence electrons. The molecule has 2 aromatic carbocycles. The van der Waals surface area contributed by atoms with Gasteiger partial charge in [0.15, 0.2) is 10.6 Å². The van der Waals surface area contributed by atoms with Gasteiger partial charge in [0.05, 0.1) is 30.3 Å². The van der Waals surface area contributed by atoms with Crippen molar-refractivity contribution in [3.05, 3.63) is 58.4 Å². The van der Waals surface area contributed by atoms with E-state index in [1.807, 2.05) is 0 Å². The largest absolute Gasteiger partial charge is 0.497 e. The van der Waals surface area contributed by atoms with Crippen LogP contribution in [-0.2, 0) is 17.8 Å². The number of halogens is 2. The highest BCUT2D eigenvalue weighted by Crippen LogP contribution is 2.22. The highest BCUT2D eigenvalue weighted by molar-refractivity contribution is 7.16. The van der Waals surface area contributed by atoms with Crippen LogP contribution in [0.2, 0.25) is 0 Å². The van der Waals surface area contributed by atoms with E-state index in [9.17, 15) is 13.6 Å². The van der Waals surface area contributed by atoms with Gasteiger partial charge < -0.3 is 9.30 Å². The minimum absolute atomic E-state index is 0.0217. The van der Waals surface area contributed by atoms with Gasteiger partial charge in [0.25, 0.3) is 5.91 Å². The van der Waals surface area contributed by atoms with Crippen molar-refractivity contribution in [2.45, 2.75) is 13.0 Å². The number of nitrogens with zero attached hydrogens (tertiary/aromatic N) is 2. The Labute approximate surface area is 152 Å². The Balaban J connectivity index is 2.03. The lowest BCUT2D eigenvalue weighted by molar-refractivity contribution is -0.117. The molecule has 0 saturated heterocycles. The van der Waals surface area contributed by atoms with Gasteiger partial charge in [-0.05, 0) is 23.8 Å². The highest BCUT2D eigenvalue weighted by atomic mass is 32.1. The smallest absolute Gasteiger partial charge is 0.252 e. The van der Waals surface area contributed by atoms with E-state index in [-0.39, 0.29) is 23.3 Å². The number of fused-ring (bicyclic) bond motifs is 1. The highest BCUT2D eigenvalue weighted by Gasteiger charge is 2.13. The minimum Gasteiger partial charge on any atom is -0.497 e. The van der Waals surface area contributed by atoms with Crippen LogP contribution in [0.25, 0.3) is 10.2 Å². The number of carbonyl (C=O) groups excluding carboxylic acids is 1. The number of ether oxygens (including phenoxy) is 1. The first-order chi connectivity index (χ1) is 12.5. The van der Waals surface area contributed by atoms with Gasteiger partial charge in [0.1, 0.15) is 11.6 Å². The second-order valence-corrected chi connectivity index (χ2v) is 6.45. The van der Waals surface area contributed by atoms with Crippen molar-refractivity contribution in [3.8, 4) is 18.1 Å². The second kappa shape index (κ2) is 7.50. The lowest BCUT2D eigenvalue weighted by Crippen LogP contribution is -2.17. The van der Waals surface area contributed by atoms with Gasteiger partial charge in [-0.1, -0.05) is 29.4 Å². The molecular weight excluding hydrogens is 358 g/mol. The van der Waals surface area contributed by atoms with Gasteiger partial charge in [-0.3, -0.25) is 4.79 Å². The van der Waals surface area contributed by atoms with Crippen molar-refractivity contribution < 1.29 is 18.3 Å². The zero-order valence-electron chi connectivity index (χ0n) is 13.8. The van der Waals surface area contributed by atoms with E-state index in [1.165, 1.54) is 10.6 Å². The predicted octanol–water partition coefficient (Wildman–Crippen LogP) is 3.29. The molecule has 0 aliphatic heterocycles. The average Bonchev–Trinajstić information content (AvgIpc) is 2.92. The molecule has 3 rings (SSSR count). The third-order valence-electron chi connectivity index (χ3n) is 3.65. The number of hydrogen-bond donors (Lipinski definition) is 0. The Morgan fingerprint density at radius 2 is 2.15 bits per heavy atom. The Morgan fingerprint density at radius 1 is 1.35 bits per heavy atom. The molecule has 0 N–H and O–H groups in total. The molecule has 0 atom stereocenters. The minimum atomic E-state index is -0.742. The van der Waals surface area contributed by atoms with Crippen LogP contribution in [0.3, 0.4) is 0 Å².